The summed E-state index contributed by atoms with van der Waals surface area (Å²) < 4.78 is 40.2. The van der Waals surface area contributed by atoms with Crippen LogP contribution in [0.15, 0.2) is 53.3 Å². The Morgan fingerprint density at radius 3 is 2.32 bits per heavy atom. The topological polar surface area (TPSA) is 138 Å². The van der Waals surface area contributed by atoms with E-state index < -0.39 is 49.1 Å². The molecule has 0 radical (unpaired) electrons. The largest absolute Gasteiger partial charge is 0.465 e. The number of carbonyl (C=O) groups is 2. The summed E-state index contributed by atoms with van der Waals surface area (Å²) in [4.78, 5) is 36.6. The van der Waals surface area contributed by atoms with Crippen LogP contribution < -0.4 is 16.3 Å². The van der Waals surface area contributed by atoms with Gasteiger partial charge in [0.05, 0.1) is 12.6 Å². The molecule has 0 fully saturated rings. The summed E-state index contributed by atoms with van der Waals surface area (Å²) >= 11 is 12.0. The molecule has 2 amide bonds. The van der Waals surface area contributed by atoms with E-state index in [9.17, 15) is 32.7 Å². The minimum atomic E-state index is -5.00. The number of rotatable bonds is 9. The number of hydrogen-bond acceptors (Lipinski definition) is 5. The molecule has 4 N–H and O–H groups in total. The maximum atomic E-state index is 13.0. The summed E-state index contributed by atoms with van der Waals surface area (Å²) in [6, 6.07) is 11.1. The van der Waals surface area contributed by atoms with Crippen LogP contribution in [-0.2, 0) is 17.9 Å². The quantitative estimate of drug-likeness (QED) is 0.316. The molecule has 37 heavy (non-hydrogen) atoms. The summed E-state index contributed by atoms with van der Waals surface area (Å²) in [5.41, 5.74) is -0.464. The number of halogens is 5. The van der Waals surface area contributed by atoms with Gasteiger partial charge < -0.3 is 20.8 Å². The lowest BCUT2D eigenvalue weighted by molar-refractivity contribution is -0.207. The number of nitrogens with one attached hydrogen (secondary N) is 2. The Morgan fingerprint density at radius 1 is 1.08 bits per heavy atom. The molecule has 2 atom stereocenters. The molecule has 10 nitrogen and oxygen atoms in total. The second-order valence-electron chi connectivity index (χ2n) is 7.77. The summed E-state index contributed by atoms with van der Waals surface area (Å²) in [7, 11) is 0. The van der Waals surface area contributed by atoms with Gasteiger partial charge in [0.2, 0.25) is 5.91 Å². The minimum Gasteiger partial charge on any atom is -0.465 e. The first-order valence-corrected chi connectivity index (χ1v) is 11.3. The van der Waals surface area contributed by atoms with Crippen molar-refractivity contribution in [3.63, 3.8) is 0 Å². The number of aromatic nitrogens is 3. The van der Waals surface area contributed by atoms with E-state index in [1.54, 1.807) is 18.2 Å². The SMILES string of the molecule is O=C(O)NC(CNC(=O)Cn1nc(-c2ccc(Cl)cc2)n(C[C@H](O)C(F)(F)F)c1=O)c1ccccc1Cl. The van der Waals surface area contributed by atoms with Crippen LogP contribution in [0.25, 0.3) is 11.4 Å². The number of carboxylic acid groups (broad SMARTS) is 1. The van der Waals surface area contributed by atoms with Crippen LogP contribution in [0, 0.1) is 0 Å². The van der Waals surface area contributed by atoms with Crippen molar-refractivity contribution >= 4 is 35.2 Å². The molecule has 15 heteroatoms. The Hall–Kier alpha value is -3.55. The molecule has 0 aliphatic heterocycles. The highest BCUT2D eigenvalue weighted by Gasteiger charge is 2.39. The van der Waals surface area contributed by atoms with E-state index in [1.807, 2.05) is 0 Å². The predicted molar refractivity (Wildman–Crippen MR) is 127 cm³/mol. The van der Waals surface area contributed by atoms with Gasteiger partial charge in [0.25, 0.3) is 0 Å². The Labute approximate surface area is 217 Å². The molecule has 0 aliphatic carbocycles. The van der Waals surface area contributed by atoms with Crippen molar-refractivity contribution in [1.82, 2.24) is 25.0 Å². The molecule has 1 unspecified atom stereocenters. The van der Waals surface area contributed by atoms with E-state index in [2.05, 4.69) is 15.7 Å². The van der Waals surface area contributed by atoms with Gasteiger partial charge in [-0.1, -0.05) is 41.4 Å². The van der Waals surface area contributed by atoms with Gasteiger partial charge in [0.15, 0.2) is 11.9 Å². The van der Waals surface area contributed by atoms with Crippen LogP contribution in [0.1, 0.15) is 11.6 Å². The van der Waals surface area contributed by atoms with E-state index in [1.165, 1.54) is 30.3 Å². The van der Waals surface area contributed by atoms with E-state index in [0.717, 1.165) is 0 Å². The first-order valence-electron chi connectivity index (χ1n) is 10.6. The van der Waals surface area contributed by atoms with Crippen molar-refractivity contribution < 1.29 is 33.0 Å². The number of carbonyl (C=O) groups excluding carboxylic acids is 1. The highest BCUT2D eigenvalue weighted by Crippen LogP contribution is 2.24. The van der Waals surface area contributed by atoms with Crippen LogP contribution in [0.5, 0.6) is 0 Å². The molecule has 1 heterocycles. The second-order valence-corrected chi connectivity index (χ2v) is 8.61. The third-order valence-corrected chi connectivity index (χ3v) is 5.73. The highest BCUT2D eigenvalue weighted by molar-refractivity contribution is 6.31. The lowest BCUT2D eigenvalue weighted by atomic mass is 10.1. The summed E-state index contributed by atoms with van der Waals surface area (Å²) in [6.45, 7) is -2.10. The maximum absolute atomic E-state index is 13.0. The van der Waals surface area contributed by atoms with Crippen LogP contribution in [-0.4, -0.2) is 55.4 Å². The molecule has 3 rings (SSSR count). The number of amides is 2. The fraction of sp³-hybridized carbons (Fsp3) is 0.273. The molecule has 0 bridgehead atoms. The second kappa shape index (κ2) is 11.7. The van der Waals surface area contributed by atoms with Gasteiger partial charge in [-0.3, -0.25) is 9.36 Å². The van der Waals surface area contributed by atoms with Crippen LogP contribution in [0.4, 0.5) is 18.0 Å². The normalized spacial score (nSPS) is 13.1. The molecule has 2 aromatic carbocycles. The van der Waals surface area contributed by atoms with Crippen LogP contribution in [0.2, 0.25) is 10.0 Å². The van der Waals surface area contributed by atoms with Crippen molar-refractivity contribution in [3.05, 3.63) is 74.6 Å². The molecule has 3 aromatic rings. The average molecular weight is 562 g/mol. The van der Waals surface area contributed by atoms with Crippen LogP contribution in [0.3, 0.4) is 0 Å². The summed E-state index contributed by atoms with van der Waals surface area (Å²) in [5.74, 6) is -1.01. The van der Waals surface area contributed by atoms with Crippen molar-refractivity contribution in [2.75, 3.05) is 6.54 Å². The van der Waals surface area contributed by atoms with E-state index in [-0.39, 0.29) is 23.0 Å². The van der Waals surface area contributed by atoms with Gasteiger partial charge >= 0.3 is 18.0 Å². The third kappa shape index (κ3) is 7.24. The third-order valence-electron chi connectivity index (χ3n) is 5.13. The molecule has 0 saturated heterocycles. The van der Waals surface area contributed by atoms with E-state index in [0.29, 0.717) is 19.8 Å². The van der Waals surface area contributed by atoms with Gasteiger partial charge in [0.1, 0.15) is 6.54 Å². The van der Waals surface area contributed by atoms with Gasteiger partial charge in [-0.05, 0) is 35.9 Å². The number of alkyl halides is 3. The predicted octanol–water partition coefficient (Wildman–Crippen LogP) is 3.07. The van der Waals surface area contributed by atoms with Gasteiger partial charge in [-0.25, -0.2) is 14.3 Å². The number of nitrogens with zero attached hydrogens (tertiary/aromatic N) is 3. The summed E-state index contributed by atoms with van der Waals surface area (Å²) in [5, 5.41) is 27.9. The Balaban J connectivity index is 1.84. The smallest absolute Gasteiger partial charge is 0.416 e. The zero-order chi connectivity index (χ0) is 27.3. The fourth-order valence-electron chi connectivity index (χ4n) is 3.35. The van der Waals surface area contributed by atoms with E-state index >= 15 is 0 Å². The standard InChI is InChI=1S/C22H20Cl2F3N5O5/c23-13-7-5-12(6-8-13)19-30-32(21(37)31(19)10-17(33)22(25,26)27)11-18(34)28-9-16(29-20(35)36)14-3-1-2-4-15(14)24/h1-8,16-17,29,33H,9-11H2,(H,28,34)(H,35,36)/t16?,17-/m0/s1. The first-order chi connectivity index (χ1) is 17.4. The zero-order valence-corrected chi connectivity index (χ0v) is 20.3. The number of aliphatic hydroxyl groups is 1. The monoisotopic (exact) mass is 561 g/mol. The minimum absolute atomic E-state index is 0.222. The number of aliphatic hydroxyl groups excluding tert-OH is 1. The average Bonchev–Trinajstić information content (AvgIpc) is 3.11. The Kier molecular flexibility index (Phi) is 8.84. The summed E-state index contributed by atoms with van der Waals surface area (Å²) in [6.07, 6.45) is -9.23. The molecule has 0 spiro atoms. The molecule has 0 saturated carbocycles. The molecule has 0 aliphatic rings. The van der Waals surface area contributed by atoms with Gasteiger partial charge in [-0.2, -0.15) is 13.2 Å². The molecular formula is C22H20Cl2F3N5O5. The molecular weight excluding hydrogens is 542 g/mol. The Bertz CT molecular complexity index is 1330. The molecule has 198 valence electrons. The zero-order valence-electron chi connectivity index (χ0n) is 18.7. The fourth-order valence-corrected chi connectivity index (χ4v) is 3.74. The lowest BCUT2D eigenvalue weighted by Crippen LogP contribution is -2.41. The van der Waals surface area contributed by atoms with Crippen molar-refractivity contribution in [3.8, 4) is 11.4 Å². The molecule has 1 aromatic heterocycles. The van der Waals surface area contributed by atoms with Crippen molar-refractivity contribution in [2.24, 2.45) is 0 Å². The number of hydrogen-bond donors (Lipinski definition) is 4. The highest BCUT2D eigenvalue weighted by atomic mass is 35.5. The van der Waals surface area contributed by atoms with Crippen LogP contribution >= 0.6 is 23.2 Å². The lowest BCUT2D eigenvalue weighted by Gasteiger charge is -2.19. The maximum Gasteiger partial charge on any atom is 0.416 e. The first kappa shape index (κ1) is 28.0. The van der Waals surface area contributed by atoms with E-state index in [4.69, 9.17) is 28.3 Å². The van der Waals surface area contributed by atoms with Gasteiger partial charge in [0, 0.05) is 22.2 Å². The van der Waals surface area contributed by atoms with Crippen molar-refractivity contribution in [1.29, 1.82) is 0 Å². The van der Waals surface area contributed by atoms with Crippen molar-refractivity contribution in [2.45, 2.75) is 31.4 Å². The van der Waals surface area contributed by atoms with Gasteiger partial charge in [-0.15, -0.1) is 5.10 Å². The Morgan fingerprint density at radius 2 is 1.73 bits per heavy atom. The number of benzene rings is 2.